The fraction of sp³-hybridized carbons (Fsp3) is 0.400. The minimum atomic E-state index is -0.498. The van der Waals surface area contributed by atoms with Crippen molar-refractivity contribution in [1.82, 2.24) is 9.78 Å². The Morgan fingerprint density at radius 2 is 2.00 bits per heavy atom. The van der Waals surface area contributed by atoms with Crippen molar-refractivity contribution in [3.05, 3.63) is 53.1 Å². The van der Waals surface area contributed by atoms with Crippen molar-refractivity contribution in [1.29, 1.82) is 0 Å². The SMILES string of the molecule is Cc1cc(CC(C)(N)Cc2ccccc2F)n(C)n1. The van der Waals surface area contributed by atoms with Crippen LogP contribution in [0.3, 0.4) is 0 Å². The van der Waals surface area contributed by atoms with Gasteiger partial charge in [-0.05, 0) is 38.0 Å². The molecule has 2 rings (SSSR count). The summed E-state index contributed by atoms with van der Waals surface area (Å²) in [6, 6.07) is 8.81. The summed E-state index contributed by atoms with van der Waals surface area (Å²) >= 11 is 0. The third-order valence-electron chi connectivity index (χ3n) is 3.24. The molecule has 19 heavy (non-hydrogen) atoms. The number of benzene rings is 1. The highest BCUT2D eigenvalue weighted by atomic mass is 19.1. The van der Waals surface area contributed by atoms with Crippen LogP contribution in [0.4, 0.5) is 4.39 Å². The molecule has 2 N–H and O–H groups in total. The molecular formula is C15H20FN3. The zero-order valence-corrected chi connectivity index (χ0v) is 11.7. The Balaban J connectivity index is 2.15. The fourth-order valence-electron chi connectivity index (χ4n) is 2.38. The van der Waals surface area contributed by atoms with Gasteiger partial charge >= 0.3 is 0 Å². The van der Waals surface area contributed by atoms with Crippen LogP contribution in [0.2, 0.25) is 0 Å². The summed E-state index contributed by atoms with van der Waals surface area (Å²) in [6.45, 7) is 3.90. The first kappa shape index (κ1) is 13.7. The molecule has 0 aliphatic heterocycles. The lowest BCUT2D eigenvalue weighted by atomic mass is 9.89. The molecule has 1 atom stereocenters. The Labute approximate surface area is 113 Å². The van der Waals surface area contributed by atoms with E-state index in [1.54, 1.807) is 12.1 Å². The van der Waals surface area contributed by atoms with E-state index < -0.39 is 5.54 Å². The van der Waals surface area contributed by atoms with Gasteiger partial charge in [-0.1, -0.05) is 18.2 Å². The zero-order valence-electron chi connectivity index (χ0n) is 11.7. The van der Waals surface area contributed by atoms with E-state index in [2.05, 4.69) is 5.10 Å². The molecule has 0 amide bonds. The van der Waals surface area contributed by atoms with Crippen LogP contribution in [-0.2, 0) is 19.9 Å². The van der Waals surface area contributed by atoms with Crippen LogP contribution in [0.1, 0.15) is 23.9 Å². The molecule has 0 bridgehead atoms. The number of hydrogen-bond acceptors (Lipinski definition) is 2. The average molecular weight is 261 g/mol. The second-order valence-electron chi connectivity index (χ2n) is 5.50. The molecule has 1 aromatic heterocycles. The molecule has 4 heteroatoms. The first-order valence-corrected chi connectivity index (χ1v) is 6.39. The summed E-state index contributed by atoms with van der Waals surface area (Å²) in [6.07, 6.45) is 1.17. The van der Waals surface area contributed by atoms with Gasteiger partial charge < -0.3 is 5.73 Å². The molecule has 102 valence electrons. The molecule has 0 saturated heterocycles. The summed E-state index contributed by atoms with van der Waals surface area (Å²) < 4.78 is 15.5. The van der Waals surface area contributed by atoms with Crippen molar-refractivity contribution in [2.45, 2.75) is 32.2 Å². The van der Waals surface area contributed by atoms with Crippen LogP contribution >= 0.6 is 0 Å². The Kier molecular flexibility index (Phi) is 3.71. The third kappa shape index (κ3) is 3.41. The van der Waals surface area contributed by atoms with Crippen LogP contribution in [-0.4, -0.2) is 15.3 Å². The molecular weight excluding hydrogens is 241 g/mol. The molecule has 0 spiro atoms. The van der Waals surface area contributed by atoms with Crippen molar-refractivity contribution in [3.8, 4) is 0 Å². The number of hydrogen-bond donors (Lipinski definition) is 1. The van der Waals surface area contributed by atoms with Gasteiger partial charge in [-0.2, -0.15) is 5.10 Å². The molecule has 1 aromatic carbocycles. The molecule has 1 heterocycles. The average Bonchev–Trinajstić information content (AvgIpc) is 2.59. The van der Waals surface area contributed by atoms with E-state index in [-0.39, 0.29) is 5.82 Å². The maximum atomic E-state index is 13.7. The number of aromatic nitrogens is 2. The minimum Gasteiger partial charge on any atom is -0.325 e. The van der Waals surface area contributed by atoms with Gasteiger partial charge in [0.25, 0.3) is 0 Å². The first-order valence-electron chi connectivity index (χ1n) is 6.39. The standard InChI is InChI=1S/C15H20FN3/c1-11-8-13(19(3)18-11)10-15(2,17)9-12-6-4-5-7-14(12)16/h4-8H,9-10,17H2,1-3H3. The van der Waals surface area contributed by atoms with Crippen LogP contribution < -0.4 is 5.73 Å². The fourth-order valence-corrected chi connectivity index (χ4v) is 2.38. The highest BCUT2D eigenvalue weighted by Crippen LogP contribution is 2.18. The van der Waals surface area contributed by atoms with Gasteiger partial charge in [0.1, 0.15) is 5.82 Å². The van der Waals surface area contributed by atoms with E-state index in [1.165, 1.54) is 6.07 Å². The number of nitrogens with zero attached hydrogens (tertiary/aromatic N) is 2. The maximum absolute atomic E-state index is 13.7. The predicted molar refractivity (Wildman–Crippen MR) is 74.3 cm³/mol. The van der Waals surface area contributed by atoms with Crippen LogP contribution in [0.5, 0.6) is 0 Å². The molecule has 0 aliphatic carbocycles. The van der Waals surface area contributed by atoms with Gasteiger partial charge in [-0.25, -0.2) is 4.39 Å². The van der Waals surface area contributed by atoms with E-state index in [0.717, 1.165) is 11.4 Å². The van der Waals surface area contributed by atoms with Crippen LogP contribution in [0.15, 0.2) is 30.3 Å². The second-order valence-corrected chi connectivity index (χ2v) is 5.50. The van der Waals surface area contributed by atoms with Crippen molar-refractivity contribution in [2.24, 2.45) is 12.8 Å². The van der Waals surface area contributed by atoms with Gasteiger partial charge in [0, 0.05) is 24.7 Å². The smallest absolute Gasteiger partial charge is 0.126 e. The Morgan fingerprint density at radius 1 is 1.32 bits per heavy atom. The van der Waals surface area contributed by atoms with Crippen LogP contribution in [0, 0.1) is 12.7 Å². The molecule has 0 fully saturated rings. The van der Waals surface area contributed by atoms with Crippen LogP contribution in [0.25, 0.3) is 0 Å². The summed E-state index contributed by atoms with van der Waals surface area (Å²) in [5, 5.41) is 4.31. The Bertz CT molecular complexity index is 573. The van der Waals surface area contributed by atoms with Crippen molar-refractivity contribution >= 4 is 0 Å². The lowest BCUT2D eigenvalue weighted by molar-refractivity contribution is 0.438. The van der Waals surface area contributed by atoms with E-state index in [9.17, 15) is 4.39 Å². The van der Waals surface area contributed by atoms with Gasteiger partial charge in [-0.15, -0.1) is 0 Å². The summed E-state index contributed by atoms with van der Waals surface area (Å²) in [5.74, 6) is -0.194. The molecule has 1 unspecified atom stereocenters. The summed E-state index contributed by atoms with van der Waals surface area (Å²) in [7, 11) is 1.90. The number of nitrogens with two attached hydrogens (primary N) is 1. The lowest BCUT2D eigenvalue weighted by Gasteiger charge is -2.25. The molecule has 3 nitrogen and oxygen atoms in total. The molecule has 0 aliphatic rings. The quantitative estimate of drug-likeness (QED) is 0.918. The number of halogens is 1. The van der Waals surface area contributed by atoms with Gasteiger partial charge in [-0.3, -0.25) is 4.68 Å². The predicted octanol–water partition coefficient (Wildman–Crippen LogP) is 2.37. The Hall–Kier alpha value is -1.68. The summed E-state index contributed by atoms with van der Waals surface area (Å²) in [4.78, 5) is 0. The lowest BCUT2D eigenvalue weighted by Crippen LogP contribution is -2.41. The van der Waals surface area contributed by atoms with Gasteiger partial charge in [0.15, 0.2) is 0 Å². The summed E-state index contributed by atoms with van der Waals surface area (Å²) in [5.41, 5.74) is 8.52. The van der Waals surface area contributed by atoms with Gasteiger partial charge in [0.2, 0.25) is 0 Å². The highest BCUT2D eigenvalue weighted by Gasteiger charge is 2.23. The molecule has 0 saturated carbocycles. The molecule has 0 radical (unpaired) electrons. The largest absolute Gasteiger partial charge is 0.325 e. The van der Waals surface area contributed by atoms with E-state index in [4.69, 9.17) is 5.73 Å². The minimum absolute atomic E-state index is 0.194. The molecule has 2 aromatic rings. The number of rotatable bonds is 4. The van der Waals surface area contributed by atoms with E-state index in [1.807, 2.05) is 37.7 Å². The zero-order chi connectivity index (χ0) is 14.0. The second kappa shape index (κ2) is 5.13. The van der Waals surface area contributed by atoms with Crippen molar-refractivity contribution in [3.63, 3.8) is 0 Å². The normalized spacial score (nSPS) is 14.4. The van der Waals surface area contributed by atoms with E-state index >= 15 is 0 Å². The monoisotopic (exact) mass is 261 g/mol. The highest BCUT2D eigenvalue weighted by molar-refractivity contribution is 5.21. The maximum Gasteiger partial charge on any atom is 0.126 e. The van der Waals surface area contributed by atoms with Crippen molar-refractivity contribution < 1.29 is 4.39 Å². The third-order valence-corrected chi connectivity index (χ3v) is 3.24. The van der Waals surface area contributed by atoms with Crippen molar-refractivity contribution in [2.75, 3.05) is 0 Å². The van der Waals surface area contributed by atoms with E-state index in [0.29, 0.717) is 18.4 Å². The Morgan fingerprint density at radius 3 is 2.58 bits per heavy atom. The first-order chi connectivity index (χ1) is 8.87. The van der Waals surface area contributed by atoms with Gasteiger partial charge in [0.05, 0.1) is 5.69 Å². The topological polar surface area (TPSA) is 43.8 Å². The number of aryl methyl sites for hydroxylation is 2.